The van der Waals surface area contributed by atoms with Crippen LogP contribution in [-0.2, 0) is 11.8 Å². The minimum atomic E-state index is -0.914. The summed E-state index contributed by atoms with van der Waals surface area (Å²) in [6.07, 6.45) is 5.55. The number of aryl methyl sites for hydroxylation is 1. The van der Waals surface area contributed by atoms with Crippen LogP contribution >= 0.6 is 11.3 Å². The lowest BCUT2D eigenvalue weighted by Crippen LogP contribution is -2.37. The van der Waals surface area contributed by atoms with Crippen LogP contribution < -0.4 is 4.90 Å². The molecule has 0 bridgehead atoms. The van der Waals surface area contributed by atoms with Gasteiger partial charge in [0, 0.05) is 31.3 Å². The lowest BCUT2D eigenvalue weighted by molar-refractivity contribution is -0.124. The Bertz CT molecular complexity index is 1110. The van der Waals surface area contributed by atoms with Crippen LogP contribution in [0.25, 0.3) is 21.5 Å². The molecule has 1 aliphatic carbocycles. The van der Waals surface area contributed by atoms with E-state index in [9.17, 15) is 10.1 Å². The zero-order valence-electron chi connectivity index (χ0n) is 15.1. The van der Waals surface area contributed by atoms with Gasteiger partial charge in [0.15, 0.2) is 5.82 Å². The molecule has 1 saturated heterocycles. The summed E-state index contributed by atoms with van der Waals surface area (Å²) in [4.78, 5) is 24.4. The van der Waals surface area contributed by atoms with Gasteiger partial charge in [-0.05, 0) is 24.8 Å². The fraction of sp³-hybridized carbons (Fsp3) is 0.421. The Morgan fingerprint density at radius 3 is 2.89 bits per heavy atom. The van der Waals surface area contributed by atoms with Crippen LogP contribution in [0.1, 0.15) is 19.8 Å². The first kappa shape index (κ1) is 16.4. The van der Waals surface area contributed by atoms with E-state index in [2.05, 4.69) is 16.2 Å². The van der Waals surface area contributed by atoms with Crippen molar-refractivity contribution in [2.24, 2.45) is 24.3 Å². The number of hydrogen-bond donors (Lipinski definition) is 0. The summed E-state index contributed by atoms with van der Waals surface area (Å²) in [5.41, 5.74) is 3.28. The summed E-state index contributed by atoms with van der Waals surface area (Å²) in [6, 6.07) is 4.31. The summed E-state index contributed by atoms with van der Waals surface area (Å²) in [6.45, 7) is 2.52. The molecule has 0 aromatic carbocycles. The van der Waals surface area contributed by atoms with Crippen LogP contribution in [0.5, 0.6) is 0 Å². The molecule has 4 heterocycles. The third-order valence-corrected chi connectivity index (χ3v) is 6.63. The molecular formula is C19H18N6OS. The number of fused-ring (bicyclic) bond motifs is 1. The Labute approximate surface area is 160 Å². The molecule has 136 valence electrons. The number of rotatable bonds is 3. The molecule has 0 spiro atoms. The summed E-state index contributed by atoms with van der Waals surface area (Å²) in [5, 5.41) is 14.1. The Balaban J connectivity index is 1.66. The average Bonchev–Trinajstić information content (AvgIpc) is 3.12. The smallest absolute Gasteiger partial charge is 0.249 e. The Kier molecular flexibility index (Phi) is 3.40. The van der Waals surface area contributed by atoms with Crippen molar-refractivity contribution in [3.63, 3.8) is 0 Å². The number of aromatic nitrogens is 4. The number of amides is 1. The molecule has 3 aromatic heterocycles. The Morgan fingerprint density at radius 1 is 1.41 bits per heavy atom. The molecule has 5 rings (SSSR count). The number of anilines is 1. The zero-order valence-corrected chi connectivity index (χ0v) is 15.9. The number of thiazole rings is 1. The average molecular weight is 378 g/mol. The van der Waals surface area contributed by atoms with E-state index in [1.165, 1.54) is 11.3 Å². The Morgan fingerprint density at radius 2 is 2.22 bits per heavy atom. The van der Waals surface area contributed by atoms with Crippen LogP contribution in [0.2, 0.25) is 0 Å². The summed E-state index contributed by atoms with van der Waals surface area (Å²) < 4.78 is 2.60. The van der Waals surface area contributed by atoms with Gasteiger partial charge in [-0.15, -0.1) is 11.3 Å². The first-order chi connectivity index (χ1) is 13.0. The Hall–Kier alpha value is -2.79. The normalized spacial score (nSPS) is 25.3. The number of nitriles is 1. The quantitative estimate of drug-likeness (QED) is 0.699. The van der Waals surface area contributed by atoms with Gasteiger partial charge in [0.25, 0.3) is 0 Å². The predicted octanol–water partition coefficient (Wildman–Crippen LogP) is 2.99. The van der Waals surface area contributed by atoms with E-state index in [0.717, 1.165) is 34.3 Å². The van der Waals surface area contributed by atoms with Crippen molar-refractivity contribution >= 4 is 33.3 Å². The predicted molar refractivity (Wildman–Crippen MR) is 102 cm³/mol. The van der Waals surface area contributed by atoms with E-state index >= 15 is 0 Å². The van der Waals surface area contributed by atoms with Crippen molar-refractivity contribution in [3.8, 4) is 17.3 Å². The molecule has 8 heteroatoms. The number of hydrogen-bond acceptors (Lipinski definition) is 6. The lowest BCUT2D eigenvalue weighted by atomic mass is 9.75. The maximum absolute atomic E-state index is 13.4. The second kappa shape index (κ2) is 5.60. The molecule has 0 radical (unpaired) electrons. The minimum Gasteiger partial charge on any atom is -0.294 e. The number of nitrogens with zero attached hydrogens (tertiary/aromatic N) is 6. The lowest BCUT2D eigenvalue weighted by Gasteiger charge is -2.22. The highest BCUT2D eigenvalue weighted by Crippen LogP contribution is 2.54. The van der Waals surface area contributed by atoms with Gasteiger partial charge < -0.3 is 0 Å². The van der Waals surface area contributed by atoms with Crippen molar-refractivity contribution in [1.29, 1.82) is 5.26 Å². The molecule has 1 amide bonds. The van der Waals surface area contributed by atoms with Gasteiger partial charge in [-0.3, -0.25) is 14.4 Å². The van der Waals surface area contributed by atoms with E-state index in [0.29, 0.717) is 12.4 Å². The molecule has 1 aliphatic heterocycles. The largest absolute Gasteiger partial charge is 0.294 e. The second-order valence-corrected chi connectivity index (χ2v) is 8.36. The van der Waals surface area contributed by atoms with Crippen LogP contribution in [0.3, 0.4) is 0 Å². The standard InChI is InChI=1S/C19H18N6OS/c1-11-7-25(18(26)19(11,9-20)13-3-4-13)17-16-15(21-10-27-16)5-14(23-17)12-6-22-24(2)8-12/h5-6,8,10-11,13H,3-4,7H2,1-2H3/t11-,19+/m1/s1. The molecule has 3 aromatic rings. The van der Waals surface area contributed by atoms with Gasteiger partial charge in [-0.1, -0.05) is 6.92 Å². The molecular weight excluding hydrogens is 360 g/mol. The summed E-state index contributed by atoms with van der Waals surface area (Å²) in [5.74, 6) is 0.664. The number of carbonyl (C=O) groups excluding carboxylic acids is 1. The molecule has 0 N–H and O–H groups in total. The maximum Gasteiger partial charge on any atom is 0.249 e. The molecule has 2 fully saturated rings. The molecule has 2 atom stereocenters. The fourth-order valence-corrected chi connectivity index (χ4v) is 4.98. The van der Waals surface area contributed by atoms with Crippen LogP contribution in [-0.4, -0.2) is 32.2 Å². The highest BCUT2D eigenvalue weighted by molar-refractivity contribution is 7.17. The van der Waals surface area contributed by atoms with Crippen LogP contribution in [0.15, 0.2) is 24.0 Å². The summed E-state index contributed by atoms with van der Waals surface area (Å²) >= 11 is 1.47. The van der Waals surface area contributed by atoms with Gasteiger partial charge in [0.05, 0.1) is 33.7 Å². The van der Waals surface area contributed by atoms with E-state index in [4.69, 9.17) is 4.98 Å². The SMILES string of the molecule is C[C@@H]1CN(c2nc(-c3cnn(C)c3)cc3ncsc23)C(=O)[C@]1(C#N)C1CC1. The number of carbonyl (C=O) groups is 1. The first-order valence-corrected chi connectivity index (χ1v) is 9.89. The van der Waals surface area contributed by atoms with Crippen molar-refractivity contribution in [1.82, 2.24) is 19.7 Å². The van der Waals surface area contributed by atoms with E-state index < -0.39 is 5.41 Å². The molecule has 27 heavy (non-hydrogen) atoms. The van der Waals surface area contributed by atoms with Gasteiger partial charge in [0.2, 0.25) is 5.91 Å². The summed E-state index contributed by atoms with van der Waals surface area (Å²) in [7, 11) is 1.86. The molecule has 1 saturated carbocycles. The minimum absolute atomic E-state index is 0.0191. The van der Waals surface area contributed by atoms with Crippen molar-refractivity contribution in [3.05, 3.63) is 24.0 Å². The fourth-order valence-electron chi connectivity index (χ4n) is 4.22. The first-order valence-electron chi connectivity index (χ1n) is 9.01. The van der Waals surface area contributed by atoms with Gasteiger partial charge in [0.1, 0.15) is 5.41 Å². The zero-order chi connectivity index (χ0) is 18.8. The van der Waals surface area contributed by atoms with Crippen molar-refractivity contribution in [2.45, 2.75) is 19.8 Å². The van der Waals surface area contributed by atoms with Gasteiger partial charge in [-0.25, -0.2) is 9.97 Å². The van der Waals surface area contributed by atoms with Crippen LogP contribution in [0, 0.1) is 28.6 Å². The number of pyridine rings is 1. The van der Waals surface area contributed by atoms with Crippen molar-refractivity contribution in [2.75, 3.05) is 11.4 Å². The topological polar surface area (TPSA) is 87.7 Å². The molecule has 7 nitrogen and oxygen atoms in total. The third kappa shape index (κ3) is 2.24. The molecule has 2 aliphatic rings. The van der Waals surface area contributed by atoms with Crippen LogP contribution in [0.4, 0.5) is 5.82 Å². The molecule has 0 unspecified atom stereocenters. The van der Waals surface area contributed by atoms with Gasteiger partial charge >= 0.3 is 0 Å². The van der Waals surface area contributed by atoms with E-state index in [1.54, 1.807) is 21.3 Å². The monoisotopic (exact) mass is 378 g/mol. The maximum atomic E-state index is 13.4. The van der Waals surface area contributed by atoms with E-state index in [1.807, 2.05) is 26.2 Å². The van der Waals surface area contributed by atoms with Gasteiger partial charge in [-0.2, -0.15) is 10.4 Å². The van der Waals surface area contributed by atoms with Crippen molar-refractivity contribution < 1.29 is 4.79 Å². The highest BCUT2D eigenvalue weighted by Gasteiger charge is 2.61. The third-order valence-electron chi connectivity index (χ3n) is 5.79. The van der Waals surface area contributed by atoms with E-state index in [-0.39, 0.29) is 17.7 Å². The second-order valence-electron chi connectivity index (χ2n) is 7.51. The highest BCUT2D eigenvalue weighted by atomic mass is 32.1.